The van der Waals surface area contributed by atoms with Crippen molar-refractivity contribution >= 4 is 0 Å². The van der Waals surface area contributed by atoms with Crippen LogP contribution < -0.4 is 5.32 Å². The summed E-state index contributed by atoms with van der Waals surface area (Å²) in [4.78, 5) is 0. The molecular weight excluding hydrogens is 150 g/mol. The van der Waals surface area contributed by atoms with Crippen LogP contribution in [0, 0.1) is 0 Å². The number of aliphatic hydroxyl groups is 1. The Bertz CT molecular complexity index is 165. The first-order valence-electron chi connectivity index (χ1n) is 5.15. The van der Waals surface area contributed by atoms with Crippen LogP contribution in [0.3, 0.4) is 0 Å². The van der Waals surface area contributed by atoms with Gasteiger partial charge < -0.3 is 10.4 Å². The summed E-state index contributed by atoms with van der Waals surface area (Å²) in [6.07, 6.45) is 7.13. The van der Waals surface area contributed by atoms with E-state index in [4.69, 9.17) is 0 Å². The van der Waals surface area contributed by atoms with Gasteiger partial charge in [0.25, 0.3) is 0 Å². The van der Waals surface area contributed by atoms with Crippen molar-refractivity contribution in [2.75, 3.05) is 0 Å². The second kappa shape index (κ2) is 3.00. The zero-order valence-electron chi connectivity index (χ0n) is 7.84. The molecule has 2 atom stereocenters. The summed E-state index contributed by atoms with van der Waals surface area (Å²) in [5.74, 6) is 0. The van der Waals surface area contributed by atoms with Crippen molar-refractivity contribution in [2.45, 2.75) is 63.1 Å². The Labute approximate surface area is 74.4 Å². The van der Waals surface area contributed by atoms with Gasteiger partial charge in [0.1, 0.15) is 0 Å². The standard InChI is InChI=1S/C10H19NO/c1-10(6-7-10)11-8-4-2-3-5-9(8)12/h8-9,11-12H,2-7H2,1H3. The smallest absolute Gasteiger partial charge is 0.0693 e. The maximum absolute atomic E-state index is 9.70. The van der Waals surface area contributed by atoms with E-state index < -0.39 is 0 Å². The van der Waals surface area contributed by atoms with Crippen molar-refractivity contribution in [1.82, 2.24) is 5.32 Å². The Morgan fingerprint density at radius 3 is 2.50 bits per heavy atom. The molecule has 0 heterocycles. The Balaban J connectivity index is 1.84. The molecule has 0 radical (unpaired) electrons. The highest BCUT2D eigenvalue weighted by Gasteiger charge is 2.40. The summed E-state index contributed by atoms with van der Waals surface area (Å²) in [6, 6.07) is 0.381. The monoisotopic (exact) mass is 169 g/mol. The van der Waals surface area contributed by atoms with Crippen molar-refractivity contribution in [1.29, 1.82) is 0 Å². The van der Waals surface area contributed by atoms with Gasteiger partial charge >= 0.3 is 0 Å². The lowest BCUT2D eigenvalue weighted by atomic mass is 9.92. The van der Waals surface area contributed by atoms with E-state index in [0.29, 0.717) is 11.6 Å². The van der Waals surface area contributed by atoms with Crippen LogP contribution in [0.2, 0.25) is 0 Å². The number of nitrogens with one attached hydrogen (secondary N) is 1. The summed E-state index contributed by atoms with van der Waals surface area (Å²) in [5, 5.41) is 13.3. The summed E-state index contributed by atoms with van der Waals surface area (Å²) < 4.78 is 0. The first kappa shape index (κ1) is 8.52. The number of rotatable bonds is 2. The first-order valence-corrected chi connectivity index (χ1v) is 5.15. The minimum Gasteiger partial charge on any atom is -0.392 e. The molecule has 0 aromatic carbocycles. The summed E-state index contributed by atoms with van der Waals surface area (Å²) in [5.41, 5.74) is 0.378. The predicted octanol–water partition coefficient (Wildman–Crippen LogP) is 1.43. The minimum atomic E-state index is -0.0869. The molecule has 2 nitrogen and oxygen atoms in total. The van der Waals surface area contributed by atoms with Crippen LogP contribution in [0.15, 0.2) is 0 Å². The van der Waals surface area contributed by atoms with Gasteiger partial charge in [-0.1, -0.05) is 12.8 Å². The van der Waals surface area contributed by atoms with Crippen molar-refractivity contribution in [2.24, 2.45) is 0 Å². The third-order valence-corrected chi connectivity index (χ3v) is 3.26. The number of hydrogen-bond donors (Lipinski definition) is 2. The Morgan fingerprint density at radius 1 is 1.25 bits per heavy atom. The van der Waals surface area contributed by atoms with Crippen LogP contribution in [0.1, 0.15) is 45.4 Å². The molecule has 2 saturated carbocycles. The Hall–Kier alpha value is -0.0800. The molecule has 0 spiro atoms. The summed E-state index contributed by atoms with van der Waals surface area (Å²) >= 11 is 0. The maximum atomic E-state index is 9.70. The van der Waals surface area contributed by atoms with E-state index in [2.05, 4.69) is 12.2 Å². The van der Waals surface area contributed by atoms with E-state index in [1.165, 1.54) is 25.7 Å². The molecule has 0 amide bonds. The average Bonchev–Trinajstić information content (AvgIpc) is 2.74. The zero-order chi connectivity index (χ0) is 8.60. The van der Waals surface area contributed by atoms with Crippen molar-refractivity contribution in [3.8, 4) is 0 Å². The van der Waals surface area contributed by atoms with Gasteiger partial charge in [-0.3, -0.25) is 0 Å². The Morgan fingerprint density at radius 2 is 1.92 bits per heavy atom. The predicted molar refractivity (Wildman–Crippen MR) is 49.0 cm³/mol. The van der Waals surface area contributed by atoms with Crippen LogP contribution in [0.25, 0.3) is 0 Å². The SMILES string of the molecule is CC1(NC2CCCCC2O)CC1. The lowest BCUT2D eigenvalue weighted by Gasteiger charge is -2.31. The van der Waals surface area contributed by atoms with Gasteiger partial charge in [-0.15, -0.1) is 0 Å². The molecule has 2 fully saturated rings. The zero-order valence-corrected chi connectivity index (χ0v) is 7.84. The highest BCUT2D eigenvalue weighted by atomic mass is 16.3. The molecule has 2 aliphatic rings. The number of hydrogen-bond acceptors (Lipinski definition) is 2. The van der Waals surface area contributed by atoms with Gasteiger partial charge in [-0.25, -0.2) is 0 Å². The molecule has 2 heteroatoms. The first-order chi connectivity index (χ1) is 5.70. The molecule has 0 saturated heterocycles. The van der Waals surface area contributed by atoms with Gasteiger partial charge in [0.15, 0.2) is 0 Å². The van der Waals surface area contributed by atoms with Crippen LogP contribution >= 0.6 is 0 Å². The highest BCUT2D eigenvalue weighted by Crippen LogP contribution is 2.36. The Kier molecular flexibility index (Phi) is 2.13. The van der Waals surface area contributed by atoms with Gasteiger partial charge in [0.2, 0.25) is 0 Å². The van der Waals surface area contributed by atoms with E-state index >= 15 is 0 Å². The molecule has 2 N–H and O–H groups in total. The lowest BCUT2D eigenvalue weighted by molar-refractivity contribution is 0.0841. The van der Waals surface area contributed by atoms with Gasteiger partial charge in [0, 0.05) is 11.6 Å². The lowest BCUT2D eigenvalue weighted by Crippen LogP contribution is -2.47. The quantitative estimate of drug-likeness (QED) is 0.655. The van der Waals surface area contributed by atoms with E-state index in [9.17, 15) is 5.11 Å². The fourth-order valence-electron chi connectivity index (χ4n) is 2.06. The van der Waals surface area contributed by atoms with E-state index in [1.807, 2.05) is 0 Å². The largest absolute Gasteiger partial charge is 0.392 e. The summed E-state index contributed by atoms with van der Waals surface area (Å²) in [6.45, 7) is 2.26. The van der Waals surface area contributed by atoms with Gasteiger partial charge in [-0.05, 0) is 32.6 Å². The van der Waals surface area contributed by atoms with Gasteiger partial charge in [-0.2, -0.15) is 0 Å². The van der Waals surface area contributed by atoms with Gasteiger partial charge in [0.05, 0.1) is 6.10 Å². The van der Waals surface area contributed by atoms with E-state index in [1.54, 1.807) is 0 Å². The van der Waals surface area contributed by atoms with Crippen LogP contribution in [0.5, 0.6) is 0 Å². The third kappa shape index (κ3) is 1.80. The number of aliphatic hydroxyl groups excluding tert-OH is 1. The fraction of sp³-hybridized carbons (Fsp3) is 1.00. The molecule has 0 aromatic rings. The average molecular weight is 169 g/mol. The topological polar surface area (TPSA) is 32.3 Å². The van der Waals surface area contributed by atoms with E-state index in [-0.39, 0.29) is 6.10 Å². The highest BCUT2D eigenvalue weighted by molar-refractivity contribution is 5.01. The fourth-order valence-corrected chi connectivity index (χ4v) is 2.06. The van der Waals surface area contributed by atoms with E-state index in [0.717, 1.165) is 12.8 Å². The molecule has 70 valence electrons. The van der Waals surface area contributed by atoms with Crippen molar-refractivity contribution in [3.05, 3.63) is 0 Å². The molecule has 2 unspecified atom stereocenters. The van der Waals surface area contributed by atoms with Crippen LogP contribution in [-0.4, -0.2) is 22.8 Å². The van der Waals surface area contributed by atoms with Crippen LogP contribution in [-0.2, 0) is 0 Å². The van der Waals surface area contributed by atoms with Crippen LogP contribution in [0.4, 0.5) is 0 Å². The van der Waals surface area contributed by atoms with Crippen molar-refractivity contribution in [3.63, 3.8) is 0 Å². The third-order valence-electron chi connectivity index (χ3n) is 3.26. The maximum Gasteiger partial charge on any atom is 0.0693 e. The normalized spacial score (nSPS) is 39.5. The second-order valence-electron chi connectivity index (χ2n) is 4.66. The molecule has 0 bridgehead atoms. The molecule has 0 aliphatic heterocycles. The molecule has 12 heavy (non-hydrogen) atoms. The molecule has 0 aromatic heterocycles. The molecule has 2 rings (SSSR count). The van der Waals surface area contributed by atoms with Crippen molar-refractivity contribution < 1.29 is 5.11 Å². The molecular formula is C10H19NO. The second-order valence-corrected chi connectivity index (χ2v) is 4.66. The minimum absolute atomic E-state index is 0.0869. The summed E-state index contributed by atoms with van der Waals surface area (Å²) in [7, 11) is 0. The molecule has 2 aliphatic carbocycles.